The van der Waals surface area contributed by atoms with Crippen LogP contribution in [0.5, 0.6) is 0 Å². The molecule has 0 aliphatic heterocycles. The minimum absolute atomic E-state index is 0.777. The van der Waals surface area contributed by atoms with Crippen LogP contribution in [0.4, 0.5) is 0 Å². The summed E-state index contributed by atoms with van der Waals surface area (Å²) >= 11 is 0. The maximum Gasteiger partial charge on any atom is 0.133 e. The smallest absolute Gasteiger partial charge is 0.133 e. The molecule has 70 valence electrons. The zero-order valence-corrected chi connectivity index (χ0v) is 7.82. The van der Waals surface area contributed by atoms with Gasteiger partial charge in [0.25, 0.3) is 0 Å². The average molecular weight is 178 g/mol. The molecule has 0 spiro atoms. The number of aromatic nitrogens is 3. The standard InChI is InChI=1S/C9H14N4/c1-3-4-6-10-7-5-9-12-11-8-13(9)2/h1,8,10H,4-7H2,2H3. The predicted molar refractivity (Wildman–Crippen MR) is 51.0 cm³/mol. The Morgan fingerprint density at radius 3 is 3.08 bits per heavy atom. The summed E-state index contributed by atoms with van der Waals surface area (Å²) in [6.07, 6.45) is 8.48. The highest BCUT2D eigenvalue weighted by molar-refractivity contribution is 4.86. The number of hydrogen-bond donors (Lipinski definition) is 1. The first kappa shape index (κ1) is 9.75. The number of aryl methyl sites for hydroxylation is 1. The van der Waals surface area contributed by atoms with Gasteiger partial charge in [-0.1, -0.05) is 0 Å². The number of terminal acetylenes is 1. The topological polar surface area (TPSA) is 42.7 Å². The van der Waals surface area contributed by atoms with Crippen LogP contribution in [0.3, 0.4) is 0 Å². The van der Waals surface area contributed by atoms with Gasteiger partial charge < -0.3 is 9.88 Å². The SMILES string of the molecule is C#CCCNCCc1nncn1C. The maximum absolute atomic E-state index is 5.11. The zero-order chi connectivity index (χ0) is 9.52. The fraction of sp³-hybridized carbons (Fsp3) is 0.556. The van der Waals surface area contributed by atoms with E-state index < -0.39 is 0 Å². The molecule has 0 unspecified atom stereocenters. The van der Waals surface area contributed by atoms with Crippen LogP contribution in [0.25, 0.3) is 0 Å². The Morgan fingerprint density at radius 1 is 1.62 bits per heavy atom. The highest BCUT2D eigenvalue weighted by atomic mass is 15.2. The lowest BCUT2D eigenvalue weighted by atomic mass is 10.4. The Labute approximate surface area is 78.4 Å². The van der Waals surface area contributed by atoms with E-state index in [1.54, 1.807) is 6.33 Å². The fourth-order valence-corrected chi connectivity index (χ4v) is 1.02. The Balaban J connectivity index is 2.14. The second kappa shape index (κ2) is 5.33. The maximum atomic E-state index is 5.11. The molecule has 4 nitrogen and oxygen atoms in total. The van der Waals surface area contributed by atoms with Crippen molar-refractivity contribution in [3.8, 4) is 12.3 Å². The lowest BCUT2D eigenvalue weighted by molar-refractivity contribution is 0.660. The number of nitrogens with one attached hydrogen (secondary N) is 1. The van der Waals surface area contributed by atoms with E-state index in [1.165, 1.54) is 0 Å². The van der Waals surface area contributed by atoms with Crippen molar-refractivity contribution in [2.45, 2.75) is 12.8 Å². The lowest BCUT2D eigenvalue weighted by Gasteiger charge is -2.01. The molecule has 0 fully saturated rings. The largest absolute Gasteiger partial charge is 0.321 e. The van der Waals surface area contributed by atoms with Crippen molar-refractivity contribution in [1.29, 1.82) is 0 Å². The summed E-state index contributed by atoms with van der Waals surface area (Å²) in [5.74, 6) is 3.57. The Hall–Kier alpha value is -1.34. The Bertz CT molecular complexity index is 284. The lowest BCUT2D eigenvalue weighted by Crippen LogP contribution is -2.19. The van der Waals surface area contributed by atoms with Crippen LogP contribution in [0.2, 0.25) is 0 Å². The molecule has 0 amide bonds. The minimum atomic E-state index is 0.777. The van der Waals surface area contributed by atoms with Gasteiger partial charge in [0, 0.05) is 33.0 Å². The summed E-state index contributed by atoms with van der Waals surface area (Å²) in [6, 6.07) is 0. The summed E-state index contributed by atoms with van der Waals surface area (Å²) in [7, 11) is 1.94. The van der Waals surface area contributed by atoms with Crippen molar-refractivity contribution in [2.75, 3.05) is 13.1 Å². The van der Waals surface area contributed by atoms with Crippen molar-refractivity contribution in [2.24, 2.45) is 7.05 Å². The molecule has 1 aromatic heterocycles. The van der Waals surface area contributed by atoms with Gasteiger partial charge in [-0.15, -0.1) is 22.5 Å². The van der Waals surface area contributed by atoms with Gasteiger partial charge in [-0.2, -0.15) is 0 Å². The molecule has 0 bridgehead atoms. The van der Waals surface area contributed by atoms with Crippen molar-refractivity contribution >= 4 is 0 Å². The van der Waals surface area contributed by atoms with Crippen molar-refractivity contribution in [1.82, 2.24) is 20.1 Å². The quantitative estimate of drug-likeness (QED) is 0.508. The van der Waals surface area contributed by atoms with E-state index >= 15 is 0 Å². The number of nitrogens with zero attached hydrogens (tertiary/aromatic N) is 3. The molecule has 1 N–H and O–H groups in total. The summed E-state index contributed by atoms with van der Waals surface area (Å²) in [5.41, 5.74) is 0. The van der Waals surface area contributed by atoms with E-state index in [1.807, 2.05) is 11.6 Å². The molecule has 0 aromatic carbocycles. The van der Waals surface area contributed by atoms with Crippen LogP contribution in [0, 0.1) is 12.3 Å². The van der Waals surface area contributed by atoms with Gasteiger partial charge in [0.2, 0.25) is 0 Å². The Kier molecular flexibility index (Phi) is 4.00. The minimum Gasteiger partial charge on any atom is -0.321 e. The number of hydrogen-bond acceptors (Lipinski definition) is 3. The molecule has 0 saturated heterocycles. The zero-order valence-electron chi connectivity index (χ0n) is 7.82. The summed E-state index contributed by atoms with van der Waals surface area (Å²) in [4.78, 5) is 0. The molecule has 0 aliphatic rings. The van der Waals surface area contributed by atoms with Crippen LogP contribution in [-0.4, -0.2) is 27.9 Å². The average Bonchev–Trinajstić information content (AvgIpc) is 2.52. The highest BCUT2D eigenvalue weighted by Crippen LogP contribution is 1.90. The molecule has 4 heteroatoms. The first-order valence-corrected chi connectivity index (χ1v) is 4.31. The Morgan fingerprint density at radius 2 is 2.46 bits per heavy atom. The van der Waals surface area contributed by atoms with Gasteiger partial charge >= 0.3 is 0 Å². The van der Waals surface area contributed by atoms with E-state index in [2.05, 4.69) is 21.4 Å². The number of rotatable bonds is 5. The van der Waals surface area contributed by atoms with E-state index in [0.717, 1.165) is 31.8 Å². The predicted octanol–water partition coefficient (Wildman–Crippen LogP) is -0.0295. The van der Waals surface area contributed by atoms with Gasteiger partial charge in [0.1, 0.15) is 12.2 Å². The van der Waals surface area contributed by atoms with Crippen LogP contribution >= 0.6 is 0 Å². The van der Waals surface area contributed by atoms with Crippen molar-refractivity contribution in [3.05, 3.63) is 12.2 Å². The van der Waals surface area contributed by atoms with E-state index in [-0.39, 0.29) is 0 Å². The van der Waals surface area contributed by atoms with Crippen molar-refractivity contribution in [3.63, 3.8) is 0 Å². The van der Waals surface area contributed by atoms with Gasteiger partial charge in [0.15, 0.2) is 0 Å². The van der Waals surface area contributed by atoms with E-state index in [4.69, 9.17) is 6.42 Å². The summed E-state index contributed by atoms with van der Waals surface area (Å²) in [6.45, 7) is 1.77. The second-order valence-corrected chi connectivity index (χ2v) is 2.81. The third-order valence-corrected chi connectivity index (χ3v) is 1.78. The molecule has 0 saturated carbocycles. The first-order chi connectivity index (χ1) is 6.34. The van der Waals surface area contributed by atoms with Crippen molar-refractivity contribution < 1.29 is 0 Å². The second-order valence-electron chi connectivity index (χ2n) is 2.81. The monoisotopic (exact) mass is 178 g/mol. The fourth-order valence-electron chi connectivity index (χ4n) is 1.02. The molecule has 1 rings (SSSR count). The highest BCUT2D eigenvalue weighted by Gasteiger charge is 1.98. The van der Waals surface area contributed by atoms with Crippen LogP contribution in [-0.2, 0) is 13.5 Å². The molecule has 13 heavy (non-hydrogen) atoms. The summed E-state index contributed by atoms with van der Waals surface area (Å²) < 4.78 is 1.92. The molecule has 0 radical (unpaired) electrons. The van der Waals surface area contributed by atoms with Crippen LogP contribution in [0.15, 0.2) is 6.33 Å². The van der Waals surface area contributed by atoms with Gasteiger partial charge in [0.05, 0.1) is 0 Å². The van der Waals surface area contributed by atoms with Gasteiger partial charge in [-0.05, 0) is 0 Å². The summed E-state index contributed by atoms with van der Waals surface area (Å²) in [5, 5.41) is 11.0. The van der Waals surface area contributed by atoms with E-state index in [0.29, 0.717) is 0 Å². The van der Waals surface area contributed by atoms with Crippen LogP contribution in [0.1, 0.15) is 12.2 Å². The van der Waals surface area contributed by atoms with Crippen LogP contribution < -0.4 is 5.32 Å². The normalized spacial score (nSPS) is 9.85. The van der Waals surface area contributed by atoms with E-state index in [9.17, 15) is 0 Å². The first-order valence-electron chi connectivity index (χ1n) is 4.31. The third-order valence-electron chi connectivity index (χ3n) is 1.78. The molecular formula is C9H14N4. The third kappa shape index (κ3) is 3.26. The molecule has 0 atom stereocenters. The van der Waals surface area contributed by atoms with Gasteiger partial charge in [-0.25, -0.2) is 0 Å². The molecule has 0 aliphatic carbocycles. The van der Waals surface area contributed by atoms with Gasteiger partial charge in [-0.3, -0.25) is 0 Å². The molecule has 1 aromatic rings. The molecule has 1 heterocycles. The molecular weight excluding hydrogens is 164 g/mol.